The third-order valence-electron chi connectivity index (χ3n) is 5.59. The lowest BCUT2D eigenvalue weighted by molar-refractivity contribution is -0.140. The number of oxime groups is 1. The van der Waals surface area contributed by atoms with Crippen molar-refractivity contribution in [3.05, 3.63) is 108 Å². The predicted octanol–water partition coefficient (Wildman–Crippen LogP) is 7.26. The number of fused-ring (bicyclic) bond motifs is 3. The van der Waals surface area contributed by atoms with E-state index >= 15 is 0 Å². The van der Waals surface area contributed by atoms with Crippen LogP contribution in [0.3, 0.4) is 0 Å². The van der Waals surface area contributed by atoms with Crippen molar-refractivity contribution < 1.29 is 18.8 Å². The van der Waals surface area contributed by atoms with Crippen molar-refractivity contribution in [2.45, 2.75) is 23.6 Å². The number of hydrogen-bond acceptors (Lipinski definition) is 6. The molecule has 0 radical (unpaired) electrons. The summed E-state index contributed by atoms with van der Waals surface area (Å²) in [4.78, 5) is 30.7. The van der Waals surface area contributed by atoms with Gasteiger partial charge in [-0.25, -0.2) is 4.79 Å². The van der Waals surface area contributed by atoms with Gasteiger partial charge in [0.15, 0.2) is 5.76 Å². The topological polar surface area (TPSA) is 68.9 Å². The lowest BCUT2D eigenvalue weighted by Gasteiger charge is -2.05. The largest absolute Gasteiger partial charge is 0.453 e. The van der Waals surface area contributed by atoms with Crippen molar-refractivity contribution in [3.8, 4) is 0 Å². The van der Waals surface area contributed by atoms with E-state index in [-0.39, 0.29) is 5.78 Å². The number of carbonyl (C=O) groups excluding carboxylic acids is 2. The fraction of sp³-hybridized carbons (Fsp3) is 0.0690. The molecule has 1 heterocycles. The second kappa shape index (κ2) is 9.60. The van der Waals surface area contributed by atoms with Crippen molar-refractivity contribution in [1.29, 1.82) is 0 Å². The van der Waals surface area contributed by atoms with Crippen LogP contribution < -0.4 is 0 Å². The molecule has 0 fully saturated rings. The molecule has 0 amide bonds. The molecule has 172 valence electrons. The molecule has 0 unspecified atom stereocenters. The Morgan fingerprint density at radius 3 is 2.11 bits per heavy atom. The number of rotatable bonds is 6. The molecule has 1 aromatic heterocycles. The first kappa shape index (κ1) is 22.6. The van der Waals surface area contributed by atoms with Crippen LogP contribution in [0.5, 0.6) is 0 Å². The Labute approximate surface area is 206 Å². The molecule has 0 bridgehead atoms. The van der Waals surface area contributed by atoms with Gasteiger partial charge in [-0.05, 0) is 71.8 Å². The molecular formula is C29H21NO4S. The second-order valence-electron chi connectivity index (χ2n) is 8.05. The van der Waals surface area contributed by atoms with Crippen LogP contribution in [0.1, 0.15) is 35.5 Å². The molecule has 0 aliphatic rings. The van der Waals surface area contributed by atoms with E-state index in [1.165, 1.54) is 6.92 Å². The first-order valence-electron chi connectivity index (χ1n) is 11.0. The van der Waals surface area contributed by atoms with Crippen LogP contribution in [0, 0.1) is 0 Å². The summed E-state index contributed by atoms with van der Waals surface area (Å²) in [5.74, 6) is -0.265. The monoisotopic (exact) mass is 479 g/mol. The fourth-order valence-corrected chi connectivity index (χ4v) is 4.62. The van der Waals surface area contributed by atoms with Gasteiger partial charge in [-0.3, -0.25) is 4.79 Å². The van der Waals surface area contributed by atoms with E-state index in [1.54, 1.807) is 18.7 Å². The Hall–Kier alpha value is -4.16. The lowest BCUT2D eigenvalue weighted by Crippen LogP contribution is -1.99. The van der Waals surface area contributed by atoms with E-state index < -0.39 is 5.97 Å². The van der Waals surface area contributed by atoms with E-state index in [2.05, 4.69) is 5.16 Å². The number of carbonyl (C=O) groups is 2. The summed E-state index contributed by atoms with van der Waals surface area (Å²) in [6.07, 6.45) is 0. The highest BCUT2D eigenvalue weighted by Gasteiger charge is 2.16. The zero-order valence-corrected chi connectivity index (χ0v) is 20.0. The summed E-state index contributed by atoms with van der Waals surface area (Å²) < 4.78 is 5.89. The van der Waals surface area contributed by atoms with Crippen LogP contribution in [0.25, 0.3) is 21.7 Å². The highest BCUT2D eigenvalue weighted by Crippen LogP contribution is 2.31. The molecule has 5 rings (SSSR count). The van der Waals surface area contributed by atoms with Gasteiger partial charge >= 0.3 is 5.97 Å². The zero-order chi connectivity index (χ0) is 24.4. The van der Waals surface area contributed by atoms with Crippen LogP contribution in [0.2, 0.25) is 0 Å². The maximum absolute atomic E-state index is 13.1. The van der Waals surface area contributed by atoms with Crippen molar-refractivity contribution >= 4 is 51.0 Å². The van der Waals surface area contributed by atoms with Gasteiger partial charge in [0.2, 0.25) is 5.78 Å². The lowest BCUT2D eigenvalue weighted by atomic mass is 10.1. The Morgan fingerprint density at radius 1 is 0.771 bits per heavy atom. The third-order valence-corrected chi connectivity index (χ3v) is 6.60. The number of furan rings is 1. The second-order valence-corrected chi connectivity index (χ2v) is 9.20. The van der Waals surface area contributed by atoms with Gasteiger partial charge < -0.3 is 9.25 Å². The summed E-state index contributed by atoms with van der Waals surface area (Å²) in [6, 6.07) is 29.1. The fourth-order valence-electron chi connectivity index (χ4n) is 3.81. The van der Waals surface area contributed by atoms with Crippen LogP contribution in [0.4, 0.5) is 0 Å². The van der Waals surface area contributed by atoms with E-state index in [0.717, 1.165) is 31.5 Å². The standard InChI is InChI=1S/C29H21NO4S/c1-18(30-34-19(2)31)20-7-12-23(13-8-20)35-24-14-9-22(10-15-24)29(32)28-17-26-25-6-4-3-5-21(25)11-16-27(26)33-28/h3-17H,1-2H3/b30-18+. The number of ketones is 1. The highest BCUT2D eigenvalue weighted by molar-refractivity contribution is 7.99. The minimum atomic E-state index is -0.452. The first-order valence-corrected chi connectivity index (χ1v) is 11.9. The third kappa shape index (κ3) is 4.88. The van der Waals surface area contributed by atoms with Crippen molar-refractivity contribution in [1.82, 2.24) is 0 Å². The Balaban J connectivity index is 1.31. The van der Waals surface area contributed by atoms with Crippen LogP contribution in [-0.2, 0) is 9.63 Å². The number of nitrogens with zero attached hydrogens (tertiary/aromatic N) is 1. The van der Waals surface area contributed by atoms with E-state index in [9.17, 15) is 9.59 Å². The summed E-state index contributed by atoms with van der Waals surface area (Å²) in [5.41, 5.74) is 2.77. The van der Waals surface area contributed by atoms with E-state index in [1.807, 2.05) is 91.0 Å². The minimum absolute atomic E-state index is 0.145. The smallest absolute Gasteiger partial charge is 0.331 e. The maximum atomic E-state index is 13.1. The molecule has 0 aliphatic carbocycles. The first-order chi connectivity index (χ1) is 17.0. The molecule has 0 saturated carbocycles. The van der Waals surface area contributed by atoms with E-state index in [0.29, 0.717) is 22.6 Å². The Morgan fingerprint density at radius 2 is 1.43 bits per heavy atom. The van der Waals surface area contributed by atoms with Gasteiger partial charge in [0.25, 0.3) is 0 Å². The predicted molar refractivity (Wildman–Crippen MR) is 138 cm³/mol. The molecule has 0 N–H and O–H groups in total. The summed E-state index contributed by atoms with van der Waals surface area (Å²) in [7, 11) is 0. The molecule has 0 atom stereocenters. The summed E-state index contributed by atoms with van der Waals surface area (Å²) in [5, 5.41) is 6.93. The molecule has 6 heteroatoms. The Kier molecular flexibility index (Phi) is 6.21. The normalized spacial score (nSPS) is 11.7. The van der Waals surface area contributed by atoms with Gasteiger partial charge in [-0.1, -0.05) is 59.4 Å². The summed E-state index contributed by atoms with van der Waals surface area (Å²) in [6.45, 7) is 3.10. The SMILES string of the molecule is CC(=O)O/N=C(\C)c1ccc(Sc2ccc(C(=O)c3cc4c(ccc5ccccc54)o3)cc2)cc1. The zero-order valence-electron chi connectivity index (χ0n) is 19.1. The van der Waals surface area contributed by atoms with Gasteiger partial charge in [0, 0.05) is 27.7 Å². The van der Waals surface area contributed by atoms with Crippen LogP contribution >= 0.6 is 11.8 Å². The Bertz CT molecular complexity index is 1580. The quantitative estimate of drug-likeness (QED) is 0.111. The van der Waals surface area contributed by atoms with Gasteiger partial charge in [-0.2, -0.15) is 0 Å². The van der Waals surface area contributed by atoms with Crippen LogP contribution in [0.15, 0.2) is 110 Å². The van der Waals surface area contributed by atoms with Gasteiger partial charge in [0.1, 0.15) is 5.58 Å². The molecule has 5 nitrogen and oxygen atoms in total. The van der Waals surface area contributed by atoms with Crippen molar-refractivity contribution in [2.24, 2.45) is 5.16 Å². The average Bonchev–Trinajstić information content (AvgIpc) is 3.33. The molecule has 4 aromatic carbocycles. The number of hydrogen-bond donors (Lipinski definition) is 0. The van der Waals surface area contributed by atoms with Crippen molar-refractivity contribution in [2.75, 3.05) is 0 Å². The number of benzene rings is 4. The molecular weight excluding hydrogens is 458 g/mol. The van der Waals surface area contributed by atoms with Crippen LogP contribution in [-0.4, -0.2) is 17.5 Å². The molecule has 0 saturated heterocycles. The molecule has 0 spiro atoms. The highest BCUT2D eigenvalue weighted by atomic mass is 32.2. The average molecular weight is 480 g/mol. The van der Waals surface area contributed by atoms with E-state index in [4.69, 9.17) is 9.25 Å². The van der Waals surface area contributed by atoms with Crippen molar-refractivity contribution in [3.63, 3.8) is 0 Å². The molecule has 0 aliphatic heterocycles. The molecule has 5 aromatic rings. The molecule has 35 heavy (non-hydrogen) atoms. The van der Waals surface area contributed by atoms with Gasteiger partial charge in [-0.15, -0.1) is 0 Å². The summed E-state index contributed by atoms with van der Waals surface area (Å²) >= 11 is 1.59. The maximum Gasteiger partial charge on any atom is 0.331 e. The minimum Gasteiger partial charge on any atom is -0.453 e. The van der Waals surface area contributed by atoms with Gasteiger partial charge in [0.05, 0.1) is 5.71 Å².